The summed E-state index contributed by atoms with van der Waals surface area (Å²) in [6, 6.07) is 3.79. The first-order valence-electron chi connectivity index (χ1n) is 6.76. The summed E-state index contributed by atoms with van der Waals surface area (Å²) in [5.41, 5.74) is 2.40. The van der Waals surface area contributed by atoms with Gasteiger partial charge in [0.05, 0.1) is 16.8 Å². The van der Waals surface area contributed by atoms with Crippen molar-refractivity contribution in [1.29, 1.82) is 0 Å². The van der Waals surface area contributed by atoms with E-state index in [1.807, 2.05) is 24.0 Å². The summed E-state index contributed by atoms with van der Waals surface area (Å²) < 4.78 is 0. The summed E-state index contributed by atoms with van der Waals surface area (Å²) in [7, 11) is 0. The highest BCUT2D eigenvalue weighted by Crippen LogP contribution is 2.19. The van der Waals surface area contributed by atoms with E-state index in [0.29, 0.717) is 5.56 Å². The molecule has 1 amide bonds. The minimum atomic E-state index is 0.107. The van der Waals surface area contributed by atoms with Crippen molar-refractivity contribution in [3.05, 3.63) is 35.8 Å². The van der Waals surface area contributed by atoms with E-state index in [0.717, 1.165) is 42.5 Å². The fourth-order valence-corrected chi connectivity index (χ4v) is 2.60. The second-order valence-electron chi connectivity index (χ2n) is 5.04. The third kappa shape index (κ3) is 2.30. The first-order valence-corrected chi connectivity index (χ1v) is 6.76. The number of aromatic nitrogens is 2. The lowest BCUT2D eigenvalue weighted by molar-refractivity contribution is 0.0723. The molecule has 1 fully saturated rings. The lowest BCUT2D eigenvalue weighted by Gasteiger charge is -2.27. The Morgan fingerprint density at radius 2 is 2.05 bits per heavy atom. The molecule has 2 aromatic heterocycles. The number of pyridine rings is 2. The molecule has 0 bridgehead atoms. The van der Waals surface area contributed by atoms with E-state index in [2.05, 4.69) is 9.97 Å². The molecule has 4 nitrogen and oxygen atoms in total. The maximum absolute atomic E-state index is 12.5. The van der Waals surface area contributed by atoms with Crippen LogP contribution in [0.15, 0.2) is 24.5 Å². The monoisotopic (exact) mass is 255 g/mol. The van der Waals surface area contributed by atoms with E-state index in [1.165, 1.54) is 6.42 Å². The summed E-state index contributed by atoms with van der Waals surface area (Å²) in [6.07, 6.45) is 6.92. The molecule has 0 spiro atoms. The van der Waals surface area contributed by atoms with Crippen LogP contribution in [0.3, 0.4) is 0 Å². The van der Waals surface area contributed by atoms with E-state index in [-0.39, 0.29) is 5.91 Å². The van der Waals surface area contributed by atoms with Gasteiger partial charge in [-0.15, -0.1) is 0 Å². The van der Waals surface area contributed by atoms with Crippen molar-refractivity contribution >= 4 is 16.8 Å². The fourth-order valence-electron chi connectivity index (χ4n) is 2.60. The van der Waals surface area contributed by atoms with Crippen LogP contribution >= 0.6 is 0 Å². The third-order valence-electron chi connectivity index (χ3n) is 3.68. The molecule has 0 atom stereocenters. The topological polar surface area (TPSA) is 46.1 Å². The maximum Gasteiger partial charge on any atom is 0.255 e. The second-order valence-corrected chi connectivity index (χ2v) is 5.04. The Labute approximate surface area is 112 Å². The van der Waals surface area contributed by atoms with Gasteiger partial charge in [0.2, 0.25) is 0 Å². The first-order chi connectivity index (χ1) is 9.25. The van der Waals surface area contributed by atoms with Gasteiger partial charge in [0.25, 0.3) is 5.91 Å². The van der Waals surface area contributed by atoms with Gasteiger partial charge in [-0.1, -0.05) is 0 Å². The predicted molar refractivity (Wildman–Crippen MR) is 74.0 cm³/mol. The van der Waals surface area contributed by atoms with E-state index < -0.39 is 0 Å². The van der Waals surface area contributed by atoms with Crippen LogP contribution in [-0.4, -0.2) is 33.9 Å². The molecule has 0 radical (unpaired) electrons. The van der Waals surface area contributed by atoms with Gasteiger partial charge in [-0.2, -0.15) is 0 Å². The van der Waals surface area contributed by atoms with Gasteiger partial charge in [0.1, 0.15) is 0 Å². The number of hydrogen-bond acceptors (Lipinski definition) is 3. The number of fused-ring (bicyclic) bond motifs is 1. The molecule has 1 saturated heterocycles. The van der Waals surface area contributed by atoms with Gasteiger partial charge in [0, 0.05) is 30.9 Å². The molecular weight excluding hydrogens is 238 g/mol. The molecule has 0 aliphatic carbocycles. The van der Waals surface area contributed by atoms with Gasteiger partial charge in [-0.05, 0) is 38.3 Å². The smallest absolute Gasteiger partial charge is 0.255 e. The molecule has 1 aliphatic heterocycles. The van der Waals surface area contributed by atoms with Gasteiger partial charge < -0.3 is 4.90 Å². The first kappa shape index (κ1) is 12.1. The molecule has 0 saturated carbocycles. The SMILES string of the molecule is Cc1nc2ccncc2cc1C(=O)N1CCCCC1. The lowest BCUT2D eigenvalue weighted by atomic mass is 10.1. The van der Waals surface area contributed by atoms with Crippen molar-refractivity contribution in [2.24, 2.45) is 0 Å². The number of carbonyl (C=O) groups excluding carboxylic acids is 1. The minimum Gasteiger partial charge on any atom is -0.339 e. The summed E-state index contributed by atoms with van der Waals surface area (Å²) >= 11 is 0. The summed E-state index contributed by atoms with van der Waals surface area (Å²) in [4.78, 5) is 23.1. The average Bonchev–Trinajstić information content (AvgIpc) is 2.47. The van der Waals surface area contributed by atoms with Crippen molar-refractivity contribution in [1.82, 2.24) is 14.9 Å². The largest absolute Gasteiger partial charge is 0.339 e. The number of amides is 1. The zero-order valence-corrected chi connectivity index (χ0v) is 11.1. The van der Waals surface area contributed by atoms with Crippen LogP contribution in [0.5, 0.6) is 0 Å². The minimum absolute atomic E-state index is 0.107. The van der Waals surface area contributed by atoms with Gasteiger partial charge in [-0.3, -0.25) is 14.8 Å². The number of nitrogens with zero attached hydrogens (tertiary/aromatic N) is 3. The summed E-state index contributed by atoms with van der Waals surface area (Å²) in [5, 5.41) is 0.924. The van der Waals surface area contributed by atoms with Crippen molar-refractivity contribution in [2.45, 2.75) is 26.2 Å². The van der Waals surface area contributed by atoms with Crippen LogP contribution in [0.1, 0.15) is 35.3 Å². The Balaban J connectivity index is 1.99. The average molecular weight is 255 g/mol. The molecule has 0 N–H and O–H groups in total. The quantitative estimate of drug-likeness (QED) is 0.786. The number of carbonyl (C=O) groups is 1. The van der Waals surface area contributed by atoms with Crippen LogP contribution in [0, 0.1) is 6.92 Å². The third-order valence-corrected chi connectivity index (χ3v) is 3.68. The Morgan fingerprint density at radius 3 is 2.84 bits per heavy atom. The van der Waals surface area contributed by atoms with Gasteiger partial charge in [-0.25, -0.2) is 0 Å². The van der Waals surface area contributed by atoms with Crippen molar-refractivity contribution in [2.75, 3.05) is 13.1 Å². The van der Waals surface area contributed by atoms with Gasteiger partial charge in [0.15, 0.2) is 0 Å². The van der Waals surface area contributed by atoms with Gasteiger partial charge >= 0.3 is 0 Å². The number of hydrogen-bond donors (Lipinski definition) is 0. The summed E-state index contributed by atoms with van der Waals surface area (Å²) in [6.45, 7) is 3.63. The highest BCUT2D eigenvalue weighted by Gasteiger charge is 2.20. The highest BCUT2D eigenvalue weighted by atomic mass is 16.2. The number of likely N-dealkylation sites (tertiary alicyclic amines) is 1. The molecule has 98 valence electrons. The second kappa shape index (κ2) is 4.96. The zero-order chi connectivity index (χ0) is 13.2. The molecule has 19 heavy (non-hydrogen) atoms. The van der Waals surface area contributed by atoms with Crippen molar-refractivity contribution < 1.29 is 4.79 Å². The molecule has 2 aromatic rings. The molecule has 4 heteroatoms. The molecule has 3 rings (SSSR count). The fraction of sp³-hybridized carbons (Fsp3) is 0.400. The molecule has 3 heterocycles. The molecule has 1 aliphatic rings. The van der Waals surface area contributed by atoms with Crippen LogP contribution in [0.2, 0.25) is 0 Å². The van der Waals surface area contributed by atoms with E-state index in [9.17, 15) is 4.79 Å². The number of aryl methyl sites for hydroxylation is 1. The van der Waals surface area contributed by atoms with Crippen LogP contribution in [0.4, 0.5) is 0 Å². The van der Waals surface area contributed by atoms with Crippen LogP contribution in [0.25, 0.3) is 10.9 Å². The summed E-state index contributed by atoms with van der Waals surface area (Å²) in [5.74, 6) is 0.107. The molecular formula is C15H17N3O. The normalized spacial score (nSPS) is 15.7. The van der Waals surface area contributed by atoms with Crippen LogP contribution < -0.4 is 0 Å². The number of rotatable bonds is 1. The Hall–Kier alpha value is -1.97. The van der Waals surface area contributed by atoms with E-state index >= 15 is 0 Å². The zero-order valence-electron chi connectivity index (χ0n) is 11.1. The lowest BCUT2D eigenvalue weighted by Crippen LogP contribution is -2.36. The Morgan fingerprint density at radius 1 is 1.26 bits per heavy atom. The molecule has 0 unspecified atom stereocenters. The Bertz CT molecular complexity index is 618. The van der Waals surface area contributed by atoms with Crippen molar-refractivity contribution in [3.8, 4) is 0 Å². The maximum atomic E-state index is 12.5. The number of piperidine rings is 1. The predicted octanol–water partition coefficient (Wildman–Crippen LogP) is 2.56. The van der Waals surface area contributed by atoms with E-state index in [1.54, 1.807) is 12.4 Å². The Kier molecular flexibility index (Phi) is 3.15. The molecule has 0 aromatic carbocycles. The highest BCUT2D eigenvalue weighted by molar-refractivity contribution is 5.98. The van der Waals surface area contributed by atoms with Crippen LogP contribution in [-0.2, 0) is 0 Å². The standard InChI is InChI=1S/C15H17N3O/c1-11-13(15(19)18-7-3-2-4-8-18)9-12-10-16-6-5-14(12)17-11/h5-6,9-10H,2-4,7-8H2,1H3. The van der Waals surface area contributed by atoms with Crippen molar-refractivity contribution in [3.63, 3.8) is 0 Å². The van der Waals surface area contributed by atoms with E-state index in [4.69, 9.17) is 0 Å².